The topological polar surface area (TPSA) is 129 Å². The van der Waals surface area contributed by atoms with E-state index in [4.69, 9.17) is 20.0 Å². The second-order valence-electron chi connectivity index (χ2n) is 4.77. The summed E-state index contributed by atoms with van der Waals surface area (Å²) in [6.45, 7) is 0.286. The van der Waals surface area contributed by atoms with Gasteiger partial charge in [-0.05, 0) is 12.8 Å². The van der Waals surface area contributed by atoms with Crippen molar-refractivity contribution in [1.82, 2.24) is 20.3 Å². The molecule has 2 aromatic rings. The first-order chi connectivity index (χ1) is 9.65. The molecule has 0 aliphatic carbocycles. The van der Waals surface area contributed by atoms with E-state index in [-0.39, 0.29) is 18.7 Å². The zero-order valence-corrected chi connectivity index (χ0v) is 11.5. The second kappa shape index (κ2) is 5.59. The van der Waals surface area contributed by atoms with Gasteiger partial charge in [-0.2, -0.15) is 0 Å². The van der Waals surface area contributed by atoms with Gasteiger partial charge in [-0.1, -0.05) is 0 Å². The van der Waals surface area contributed by atoms with E-state index in [0.717, 1.165) is 29.4 Å². The maximum Gasteiger partial charge on any atom is 0.327 e. The van der Waals surface area contributed by atoms with E-state index in [1.807, 2.05) is 6.20 Å². The summed E-state index contributed by atoms with van der Waals surface area (Å²) >= 11 is 0. The van der Waals surface area contributed by atoms with Gasteiger partial charge in [-0.15, -0.1) is 0 Å². The van der Waals surface area contributed by atoms with E-state index in [0.29, 0.717) is 5.82 Å². The Labute approximate surface area is 116 Å². The first kappa shape index (κ1) is 13.7. The van der Waals surface area contributed by atoms with Gasteiger partial charge in [0.05, 0.1) is 12.1 Å². The molecule has 3 heterocycles. The Hall–Kier alpha value is -1.31. The highest BCUT2D eigenvalue weighted by Gasteiger charge is 2.28. The minimum Gasteiger partial charge on any atom is -0.382 e. The summed E-state index contributed by atoms with van der Waals surface area (Å²) in [6, 6.07) is 0.253. The molecule has 0 radical (unpaired) electrons. The van der Waals surface area contributed by atoms with Gasteiger partial charge in [0.2, 0.25) is 0 Å². The van der Waals surface area contributed by atoms with E-state index in [9.17, 15) is 0 Å². The van der Waals surface area contributed by atoms with Crippen LogP contribution in [0.1, 0.15) is 24.4 Å². The van der Waals surface area contributed by atoms with Crippen molar-refractivity contribution < 1.29 is 14.3 Å². The lowest BCUT2D eigenvalue weighted by atomic mass is 10.1. The molecule has 3 rings (SSSR count). The van der Waals surface area contributed by atoms with Gasteiger partial charge in [0.25, 0.3) is 0 Å². The third kappa shape index (κ3) is 2.61. The predicted octanol–water partition coefficient (Wildman–Crippen LogP) is 0.561. The zero-order valence-electron chi connectivity index (χ0n) is 10.7. The summed E-state index contributed by atoms with van der Waals surface area (Å²) in [4.78, 5) is 28.9. The lowest BCUT2D eigenvalue weighted by Gasteiger charge is -2.14. The van der Waals surface area contributed by atoms with Crippen molar-refractivity contribution in [3.63, 3.8) is 0 Å². The molecule has 108 valence electrons. The maximum absolute atomic E-state index is 8.77. The number of hydrogen-bond donors (Lipinski definition) is 5. The van der Waals surface area contributed by atoms with Gasteiger partial charge in [-0.25, -0.2) is 9.97 Å². The van der Waals surface area contributed by atoms with Crippen LogP contribution in [0.2, 0.25) is 0 Å². The largest absolute Gasteiger partial charge is 0.382 e. The minimum absolute atomic E-state index is 0.105. The molecule has 1 fully saturated rings. The Morgan fingerprint density at radius 2 is 2.25 bits per heavy atom. The molecule has 1 saturated heterocycles. The molecule has 0 amide bonds. The first-order valence-corrected chi connectivity index (χ1v) is 7.46. The van der Waals surface area contributed by atoms with Crippen LogP contribution in [0.3, 0.4) is 0 Å². The Balaban J connectivity index is 1.75. The molecule has 6 N–H and O–H groups in total. The molecule has 2 atom stereocenters. The highest BCUT2D eigenvalue weighted by molar-refractivity contribution is 7.39. The van der Waals surface area contributed by atoms with Crippen molar-refractivity contribution >= 4 is 25.5 Å². The number of hydrogen-bond acceptors (Lipinski definition) is 7. The molecule has 1 aliphatic heterocycles. The lowest BCUT2D eigenvalue weighted by molar-refractivity contribution is 0.229. The van der Waals surface area contributed by atoms with Crippen LogP contribution in [0.15, 0.2) is 12.5 Å². The average Bonchev–Trinajstić information content (AvgIpc) is 3.02. The summed E-state index contributed by atoms with van der Waals surface area (Å²) in [6.07, 6.45) is 5.18. The highest BCUT2D eigenvalue weighted by atomic mass is 31.2. The van der Waals surface area contributed by atoms with E-state index >= 15 is 0 Å². The predicted molar refractivity (Wildman–Crippen MR) is 74.5 cm³/mol. The molecule has 2 aromatic heterocycles. The summed E-state index contributed by atoms with van der Waals surface area (Å²) in [5.74, 6) is 0.435. The molecule has 9 heteroatoms. The fourth-order valence-corrected chi connectivity index (χ4v) is 2.91. The molecule has 8 nitrogen and oxygen atoms in total. The van der Waals surface area contributed by atoms with Crippen LogP contribution in [0, 0.1) is 0 Å². The number of aromatic amines is 1. The van der Waals surface area contributed by atoms with Crippen LogP contribution in [0.5, 0.6) is 0 Å². The number of nitrogen functional groups attached to an aromatic ring is 1. The number of fused-ring (bicyclic) bond motifs is 1. The van der Waals surface area contributed by atoms with Crippen molar-refractivity contribution in [3.05, 3.63) is 18.1 Å². The number of rotatable bonds is 4. The number of nitrogens with one attached hydrogen (secondary N) is 2. The minimum atomic E-state index is -2.29. The van der Waals surface area contributed by atoms with Crippen molar-refractivity contribution in [3.8, 4) is 0 Å². The SMILES string of the molecule is Nc1ncnc2c(C3CCC(COP(O)O)N3)c[nH]c12. The van der Waals surface area contributed by atoms with E-state index in [2.05, 4.69) is 20.3 Å². The molecule has 20 heavy (non-hydrogen) atoms. The quantitative estimate of drug-likeness (QED) is 0.521. The monoisotopic (exact) mass is 297 g/mol. The molecule has 1 aliphatic rings. The van der Waals surface area contributed by atoms with E-state index in [1.165, 1.54) is 6.33 Å². The normalized spacial score (nSPS) is 22.9. The van der Waals surface area contributed by atoms with Crippen molar-refractivity contribution in [2.24, 2.45) is 0 Å². The molecular formula is C11H16N5O3P. The molecule has 0 saturated carbocycles. The van der Waals surface area contributed by atoms with Crippen LogP contribution >= 0.6 is 8.60 Å². The smallest absolute Gasteiger partial charge is 0.327 e. The van der Waals surface area contributed by atoms with Gasteiger partial charge in [-0.3, -0.25) is 0 Å². The number of nitrogens with zero attached hydrogens (tertiary/aromatic N) is 2. The van der Waals surface area contributed by atoms with Crippen LogP contribution in [-0.4, -0.2) is 37.4 Å². The first-order valence-electron chi connectivity index (χ1n) is 6.29. The van der Waals surface area contributed by atoms with Crippen LogP contribution in [-0.2, 0) is 4.52 Å². The summed E-state index contributed by atoms with van der Waals surface area (Å²) in [5, 5.41) is 3.40. The number of aromatic nitrogens is 3. The number of H-pyrrole nitrogens is 1. The molecule has 2 unspecified atom stereocenters. The van der Waals surface area contributed by atoms with Gasteiger partial charge in [0, 0.05) is 23.8 Å². The molecular weight excluding hydrogens is 281 g/mol. The Bertz CT molecular complexity index is 605. The fraction of sp³-hybridized carbons (Fsp3) is 0.455. The Morgan fingerprint density at radius 3 is 3.05 bits per heavy atom. The average molecular weight is 297 g/mol. The van der Waals surface area contributed by atoms with Gasteiger partial charge in [0.1, 0.15) is 11.8 Å². The van der Waals surface area contributed by atoms with Gasteiger partial charge < -0.3 is 30.3 Å². The number of anilines is 1. The summed E-state index contributed by atoms with van der Waals surface area (Å²) < 4.78 is 4.86. The Morgan fingerprint density at radius 1 is 1.40 bits per heavy atom. The van der Waals surface area contributed by atoms with E-state index < -0.39 is 8.60 Å². The fourth-order valence-electron chi connectivity index (χ4n) is 2.60. The standard InChI is InChI=1S/C11H16N5O3P/c12-11-10-9(14-5-15-11)7(3-13-10)8-2-1-6(16-8)4-19-20(17)18/h3,5-6,8,13,16-18H,1-2,4H2,(H2,12,14,15). The van der Waals surface area contributed by atoms with Gasteiger partial charge in [0.15, 0.2) is 5.82 Å². The lowest BCUT2D eigenvalue weighted by Crippen LogP contribution is -2.28. The van der Waals surface area contributed by atoms with Crippen LogP contribution in [0.25, 0.3) is 11.0 Å². The van der Waals surface area contributed by atoms with Gasteiger partial charge >= 0.3 is 8.60 Å². The third-order valence-corrected chi connectivity index (χ3v) is 3.91. The van der Waals surface area contributed by atoms with Crippen LogP contribution < -0.4 is 11.1 Å². The number of nitrogens with two attached hydrogens (primary N) is 1. The van der Waals surface area contributed by atoms with Crippen molar-refractivity contribution in [2.75, 3.05) is 12.3 Å². The summed E-state index contributed by atoms with van der Waals surface area (Å²) in [7, 11) is -2.29. The molecule has 0 bridgehead atoms. The molecule has 0 spiro atoms. The van der Waals surface area contributed by atoms with Crippen molar-refractivity contribution in [2.45, 2.75) is 24.9 Å². The maximum atomic E-state index is 8.77. The van der Waals surface area contributed by atoms with Crippen molar-refractivity contribution in [1.29, 1.82) is 0 Å². The van der Waals surface area contributed by atoms with E-state index in [1.54, 1.807) is 0 Å². The second-order valence-corrected chi connectivity index (χ2v) is 5.53. The Kier molecular flexibility index (Phi) is 3.82. The summed E-state index contributed by atoms with van der Waals surface area (Å²) in [5.41, 5.74) is 8.42. The zero-order chi connectivity index (χ0) is 14.1. The third-order valence-electron chi connectivity index (χ3n) is 3.53. The highest BCUT2D eigenvalue weighted by Crippen LogP contribution is 2.33. The van der Waals surface area contributed by atoms with Crippen LogP contribution in [0.4, 0.5) is 5.82 Å². The molecule has 0 aromatic carbocycles.